The van der Waals surface area contributed by atoms with Crippen LogP contribution in [-0.2, 0) is 13.0 Å². The molecule has 0 saturated carbocycles. The van der Waals surface area contributed by atoms with Crippen LogP contribution in [0.3, 0.4) is 0 Å². The number of nitrogens with zero attached hydrogens (tertiary/aromatic N) is 1. The lowest BCUT2D eigenvalue weighted by Gasteiger charge is -2.08. The van der Waals surface area contributed by atoms with Gasteiger partial charge in [0.1, 0.15) is 12.4 Å². The monoisotopic (exact) mass is 270 g/mol. The quantitative estimate of drug-likeness (QED) is 0.380. The number of benzene rings is 2. The zero-order chi connectivity index (χ0) is 14.4. The molecule has 0 fully saturated rings. The first-order valence-electron chi connectivity index (χ1n) is 6.51. The molecule has 0 radical (unpaired) electrons. The van der Waals surface area contributed by atoms with E-state index in [0.717, 1.165) is 17.7 Å². The minimum absolute atomic E-state index is 0.0964. The Morgan fingerprint density at radius 1 is 1.15 bits per heavy atom. The van der Waals surface area contributed by atoms with Crippen LogP contribution in [0.5, 0.6) is 5.75 Å². The summed E-state index contributed by atoms with van der Waals surface area (Å²) in [7, 11) is 0. The summed E-state index contributed by atoms with van der Waals surface area (Å²) >= 11 is 0. The van der Waals surface area contributed by atoms with Gasteiger partial charge in [-0.2, -0.15) is 0 Å². The predicted octanol–water partition coefficient (Wildman–Crippen LogP) is 2.92. The second-order valence-electron chi connectivity index (χ2n) is 4.47. The first-order valence-corrected chi connectivity index (χ1v) is 6.51. The van der Waals surface area contributed by atoms with E-state index < -0.39 is 0 Å². The number of aryl methyl sites for hydroxylation is 1. The maximum atomic E-state index is 8.67. The van der Waals surface area contributed by atoms with Gasteiger partial charge in [-0.05, 0) is 35.7 Å². The van der Waals surface area contributed by atoms with Crippen LogP contribution >= 0.6 is 0 Å². The van der Waals surface area contributed by atoms with E-state index in [0.29, 0.717) is 12.2 Å². The minimum Gasteiger partial charge on any atom is -0.489 e. The highest BCUT2D eigenvalue weighted by molar-refractivity contribution is 5.97. The summed E-state index contributed by atoms with van der Waals surface area (Å²) in [5.41, 5.74) is 8.49. The van der Waals surface area contributed by atoms with Gasteiger partial charge < -0.3 is 15.7 Å². The highest BCUT2D eigenvalue weighted by Gasteiger charge is 2.01. The van der Waals surface area contributed by atoms with E-state index in [1.807, 2.05) is 30.3 Å². The van der Waals surface area contributed by atoms with E-state index in [-0.39, 0.29) is 5.84 Å². The van der Waals surface area contributed by atoms with Crippen LogP contribution in [0.2, 0.25) is 0 Å². The molecule has 104 valence electrons. The van der Waals surface area contributed by atoms with Gasteiger partial charge in [0.15, 0.2) is 5.84 Å². The van der Waals surface area contributed by atoms with Gasteiger partial charge in [0.05, 0.1) is 0 Å². The molecule has 4 nitrogen and oxygen atoms in total. The third kappa shape index (κ3) is 3.51. The number of ether oxygens (including phenoxy) is 1. The smallest absolute Gasteiger partial charge is 0.170 e. The van der Waals surface area contributed by atoms with E-state index in [2.05, 4.69) is 24.2 Å². The maximum absolute atomic E-state index is 8.67. The Balaban J connectivity index is 2.03. The molecule has 4 heteroatoms. The van der Waals surface area contributed by atoms with Crippen molar-refractivity contribution in [3.63, 3.8) is 0 Å². The van der Waals surface area contributed by atoms with Gasteiger partial charge in [-0.15, -0.1) is 0 Å². The number of hydrogen-bond donors (Lipinski definition) is 2. The van der Waals surface area contributed by atoms with Gasteiger partial charge >= 0.3 is 0 Å². The number of rotatable bonds is 5. The molecule has 0 aliphatic carbocycles. The second-order valence-corrected chi connectivity index (χ2v) is 4.47. The van der Waals surface area contributed by atoms with Gasteiger partial charge in [-0.25, -0.2) is 0 Å². The van der Waals surface area contributed by atoms with Crippen molar-refractivity contribution in [1.82, 2.24) is 0 Å². The molecule has 0 aromatic heterocycles. The van der Waals surface area contributed by atoms with Crippen molar-refractivity contribution in [3.8, 4) is 5.75 Å². The van der Waals surface area contributed by atoms with Crippen LogP contribution in [0.15, 0.2) is 53.7 Å². The lowest BCUT2D eigenvalue weighted by Crippen LogP contribution is -2.13. The molecule has 20 heavy (non-hydrogen) atoms. The van der Waals surface area contributed by atoms with Crippen molar-refractivity contribution < 1.29 is 9.94 Å². The van der Waals surface area contributed by atoms with Crippen molar-refractivity contribution in [2.24, 2.45) is 10.9 Å². The Morgan fingerprint density at radius 3 is 2.55 bits per heavy atom. The third-order valence-corrected chi connectivity index (χ3v) is 3.07. The summed E-state index contributed by atoms with van der Waals surface area (Å²) in [5, 5.41) is 11.7. The molecule has 0 atom stereocenters. The average Bonchev–Trinajstić information content (AvgIpc) is 2.53. The fraction of sp³-hybridized carbons (Fsp3) is 0.188. The lowest BCUT2D eigenvalue weighted by molar-refractivity contribution is 0.306. The number of hydrogen-bond acceptors (Lipinski definition) is 3. The zero-order valence-corrected chi connectivity index (χ0v) is 11.4. The number of nitrogens with two attached hydrogens (primary N) is 1. The summed E-state index contributed by atoms with van der Waals surface area (Å²) < 4.78 is 5.72. The molecular weight excluding hydrogens is 252 g/mol. The molecule has 0 saturated heterocycles. The second kappa shape index (κ2) is 6.61. The van der Waals surface area contributed by atoms with E-state index in [1.165, 1.54) is 5.56 Å². The van der Waals surface area contributed by atoms with Crippen LogP contribution in [0.25, 0.3) is 0 Å². The third-order valence-electron chi connectivity index (χ3n) is 3.07. The first-order chi connectivity index (χ1) is 9.72. The minimum atomic E-state index is 0.0964. The molecule has 0 aliphatic heterocycles. The van der Waals surface area contributed by atoms with Crippen molar-refractivity contribution in [2.75, 3.05) is 0 Å². The van der Waals surface area contributed by atoms with Crippen molar-refractivity contribution in [2.45, 2.75) is 20.0 Å². The Bertz CT molecular complexity index is 592. The molecule has 0 spiro atoms. The van der Waals surface area contributed by atoms with E-state index in [4.69, 9.17) is 15.7 Å². The van der Waals surface area contributed by atoms with Gasteiger partial charge in [0, 0.05) is 5.56 Å². The molecule has 0 aliphatic rings. The largest absolute Gasteiger partial charge is 0.489 e. The molecule has 0 unspecified atom stereocenters. The Kier molecular flexibility index (Phi) is 4.60. The predicted molar refractivity (Wildman–Crippen MR) is 79.1 cm³/mol. The molecule has 0 amide bonds. The molecule has 0 bridgehead atoms. The lowest BCUT2D eigenvalue weighted by atomic mass is 10.1. The van der Waals surface area contributed by atoms with Gasteiger partial charge in [-0.1, -0.05) is 42.4 Å². The van der Waals surface area contributed by atoms with Gasteiger partial charge in [0.2, 0.25) is 0 Å². The summed E-state index contributed by atoms with van der Waals surface area (Å²) in [6.07, 6.45) is 1.02. The van der Waals surface area contributed by atoms with Crippen molar-refractivity contribution >= 4 is 5.84 Å². The topological polar surface area (TPSA) is 67.8 Å². The van der Waals surface area contributed by atoms with Crippen LogP contribution in [0.4, 0.5) is 0 Å². The highest BCUT2D eigenvalue weighted by Crippen LogP contribution is 2.15. The number of oxime groups is 1. The Hall–Kier alpha value is -2.49. The van der Waals surface area contributed by atoms with Gasteiger partial charge in [-0.3, -0.25) is 0 Å². The van der Waals surface area contributed by atoms with Crippen LogP contribution in [0, 0.1) is 0 Å². The summed E-state index contributed by atoms with van der Waals surface area (Å²) in [6, 6.07) is 15.5. The standard InChI is InChI=1S/C16H18N2O2/c1-2-12-6-8-15(9-7-12)20-11-13-4-3-5-14(10-13)16(17)18-19/h3-10,19H,2,11H2,1H3,(H2,17,18). The maximum Gasteiger partial charge on any atom is 0.170 e. The fourth-order valence-electron chi connectivity index (χ4n) is 1.87. The van der Waals surface area contributed by atoms with E-state index in [9.17, 15) is 0 Å². The molecule has 2 rings (SSSR count). The van der Waals surface area contributed by atoms with E-state index >= 15 is 0 Å². The Labute approximate surface area is 118 Å². The molecule has 0 heterocycles. The van der Waals surface area contributed by atoms with Gasteiger partial charge in [0.25, 0.3) is 0 Å². The zero-order valence-electron chi connectivity index (χ0n) is 11.4. The van der Waals surface area contributed by atoms with Crippen LogP contribution in [0.1, 0.15) is 23.6 Å². The highest BCUT2D eigenvalue weighted by atomic mass is 16.5. The summed E-state index contributed by atoms with van der Waals surface area (Å²) in [5.74, 6) is 0.926. The molecule has 2 aromatic rings. The summed E-state index contributed by atoms with van der Waals surface area (Å²) in [6.45, 7) is 2.56. The Morgan fingerprint density at radius 2 is 1.90 bits per heavy atom. The normalized spacial score (nSPS) is 11.3. The van der Waals surface area contributed by atoms with Crippen LogP contribution < -0.4 is 10.5 Å². The van der Waals surface area contributed by atoms with Crippen molar-refractivity contribution in [1.29, 1.82) is 0 Å². The number of amidine groups is 1. The fourth-order valence-corrected chi connectivity index (χ4v) is 1.87. The SMILES string of the molecule is CCc1ccc(OCc2cccc(/C(N)=N/O)c2)cc1. The first kappa shape index (κ1) is 13.9. The molecular formula is C16H18N2O2. The summed E-state index contributed by atoms with van der Waals surface area (Å²) in [4.78, 5) is 0. The van der Waals surface area contributed by atoms with E-state index in [1.54, 1.807) is 6.07 Å². The molecule has 3 N–H and O–H groups in total. The van der Waals surface area contributed by atoms with Crippen molar-refractivity contribution in [3.05, 3.63) is 65.2 Å². The van der Waals surface area contributed by atoms with Crippen LogP contribution in [-0.4, -0.2) is 11.0 Å². The average molecular weight is 270 g/mol. The molecule has 2 aromatic carbocycles.